The topological polar surface area (TPSA) is 54.4 Å². The van der Waals surface area contributed by atoms with Gasteiger partial charge in [-0.15, -0.1) is 11.8 Å². The van der Waals surface area contributed by atoms with Gasteiger partial charge in [-0.25, -0.2) is 0 Å². The Morgan fingerprint density at radius 1 is 1.32 bits per heavy atom. The van der Waals surface area contributed by atoms with Crippen LogP contribution in [0.4, 0.5) is 0 Å². The van der Waals surface area contributed by atoms with E-state index in [1.165, 1.54) is 0 Å². The molecule has 0 spiro atoms. The zero-order valence-corrected chi connectivity index (χ0v) is 13.2. The first-order valence-corrected chi connectivity index (χ1v) is 8.20. The summed E-state index contributed by atoms with van der Waals surface area (Å²) in [5.74, 6) is -0.500. The number of carboxylic acid groups (broad SMARTS) is 1. The van der Waals surface area contributed by atoms with Crippen LogP contribution in [0, 0.1) is 5.92 Å². The minimum Gasteiger partial charge on any atom is -0.481 e. The molecule has 5 heteroatoms. The van der Waals surface area contributed by atoms with E-state index < -0.39 is 11.9 Å². The van der Waals surface area contributed by atoms with Crippen molar-refractivity contribution in [2.45, 2.75) is 24.7 Å². The molecule has 0 saturated carbocycles. The number of rotatable bonds is 8. The van der Waals surface area contributed by atoms with Gasteiger partial charge in [-0.05, 0) is 24.3 Å². The Labute approximate surface area is 125 Å². The largest absolute Gasteiger partial charge is 0.481 e. The first kappa shape index (κ1) is 16.2. The third kappa shape index (κ3) is 5.78. The van der Waals surface area contributed by atoms with Crippen LogP contribution in [0.15, 0.2) is 29.2 Å². The van der Waals surface area contributed by atoms with Crippen molar-refractivity contribution in [3.05, 3.63) is 29.8 Å². The van der Waals surface area contributed by atoms with Crippen molar-refractivity contribution in [2.75, 3.05) is 11.1 Å². The number of thioether (sulfide) groups is 1. The number of ketones is 1. The van der Waals surface area contributed by atoms with E-state index in [1.807, 2.05) is 12.1 Å². The molecule has 0 bridgehead atoms. The fourth-order valence-corrected chi connectivity index (χ4v) is 3.10. The Kier molecular flexibility index (Phi) is 7.16. The lowest BCUT2D eigenvalue weighted by molar-refractivity contribution is -0.137. The maximum absolute atomic E-state index is 12.0. The SMILES string of the molecule is CC(CC(=O)O)C(=O)c1ccc(SCCCBr)cc1. The van der Waals surface area contributed by atoms with E-state index in [0.717, 1.165) is 22.4 Å². The van der Waals surface area contributed by atoms with Gasteiger partial charge < -0.3 is 5.11 Å². The molecular formula is C14H17BrO3S. The van der Waals surface area contributed by atoms with Gasteiger partial charge in [0, 0.05) is 21.7 Å². The summed E-state index contributed by atoms with van der Waals surface area (Å²) >= 11 is 5.13. The van der Waals surface area contributed by atoms with Crippen LogP contribution in [0.5, 0.6) is 0 Å². The number of halogens is 1. The van der Waals surface area contributed by atoms with Crippen LogP contribution < -0.4 is 0 Å². The van der Waals surface area contributed by atoms with Crippen LogP contribution in [0.1, 0.15) is 30.1 Å². The molecule has 0 fully saturated rings. The minimum absolute atomic E-state index is 0.112. The predicted molar refractivity (Wildman–Crippen MR) is 81.3 cm³/mol. The van der Waals surface area contributed by atoms with Crippen LogP contribution in [-0.4, -0.2) is 27.9 Å². The predicted octanol–water partition coefficient (Wildman–Crippen LogP) is 3.86. The lowest BCUT2D eigenvalue weighted by atomic mass is 9.97. The number of benzene rings is 1. The van der Waals surface area contributed by atoms with E-state index in [2.05, 4.69) is 15.9 Å². The van der Waals surface area contributed by atoms with Crippen LogP contribution in [0.3, 0.4) is 0 Å². The standard InChI is InChI=1S/C14H17BrO3S/c1-10(9-13(16)17)14(18)11-3-5-12(6-4-11)19-8-2-7-15/h3-6,10H,2,7-9H2,1H3,(H,16,17). The average Bonchev–Trinajstić information content (AvgIpc) is 2.38. The fourth-order valence-electron chi connectivity index (χ4n) is 1.60. The highest BCUT2D eigenvalue weighted by Gasteiger charge is 2.17. The van der Waals surface area contributed by atoms with Gasteiger partial charge in [-0.1, -0.05) is 35.0 Å². The van der Waals surface area contributed by atoms with Gasteiger partial charge in [-0.2, -0.15) is 0 Å². The zero-order chi connectivity index (χ0) is 14.3. The molecule has 1 unspecified atom stereocenters. The molecule has 0 amide bonds. The molecule has 1 N–H and O–H groups in total. The van der Waals surface area contributed by atoms with Crippen molar-refractivity contribution in [1.29, 1.82) is 0 Å². The molecule has 104 valence electrons. The van der Waals surface area contributed by atoms with Gasteiger partial charge in [-0.3, -0.25) is 9.59 Å². The molecule has 0 aromatic heterocycles. The molecule has 0 radical (unpaired) electrons. The molecule has 0 aliphatic carbocycles. The molecule has 1 atom stereocenters. The normalized spacial score (nSPS) is 12.1. The summed E-state index contributed by atoms with van der Waals surface area (Å²) in [6, 6.07) is 7.38. The first-order chi connectivity index (χ1) is 9.04. The van der Waals surface area contributed by atoms with E-state index in [-0.39, 0.29) is 12.2 Å². The Bertz CT molecular complexity index is 431. The number of aliphatic carboxylic acids is 1. The number of carbonyl (C=O) groups is 2. The van der Waals surface area contributed by atoms with Gasteiger partial charge in [0.05, 0.1) is 6.42 Å². The summed E-state index contributed by atoms with van der Waals surface area (Å²) in [5, 5.41) is 9.67. The third-order valence-corrected chi connectivity index (χ3v) is 4.27. The van der Waals surface area contributed by atoms with E-state index in [9.17, 15) is 9.59 Å². The van der Waals surface area contributed by atoms with Crippen molar-refractivity contribution in [3.8, 4) is 0 Å². The molecule has 0 saturated heterocycles. The Morgan fingerprint density at radius 3 is 2.47 bits per heavy atom. The highest BCUT2D eigenvalue weighted by atomic mass is 79.9. The summed E-state index contributed by atoms with van der Waals surface area (Å²) in [4.78, 5) is 23.7. The Balaban J connectivity index is 2.60. The van der Waals surface area contributed by atoms with E-state index in [4.69, 9.17) is 5.11 Å². The zero-order valence-electron chi connectivity index (χ0n) is 10.8. The maximum Gasteiger partial charge on any atom is 0.304 e. The van der Waals surface area contributed by atoms with Gasteiger partial charge in [0.15, 0.2) is 5.78 Å². The molecule has 0 aliphatic rings. The number of carbonyl (C=O) groups excluding carboxylic acids is 1. The molecule has 1 rings (SSSR count). The van der Waals surface area contributed by atoms with Crippen molar-refractivity contribution in [3.63, 3.8) is 0 Å². The van der Waals surface area contributed by atoms with Crippen LogP contribution in [0.2, 0.25) is 0 Å². The second kappa shape index (κ2) is 8.38. The summed E-state index contributed by atoms with van der Waals surface area (Å²) in [6.07, 6.45) is 0.974. The second-order valence-electron chi connectivity index (χ2n) is 4.28. The van der Waals surface area contributed by atoms with Gasteiger partial charge in [0.1, 0.15) is 0 Å². The van der Waals surface area contributed by atoms with E-state index in [0.29, 0.717) is 5.56 Å². The van der Waals surface area contributed by atoms with Crippen molar-refractivity contribution in [2.24, 2.45) is 5.92 Å². The van der Waals surface area contributed by atoms with E-state index in [1.54, 1.807) is 30.8 Å². The second-order valence-corrected chi connectivity index (χ2v) is 6.24. The molecule has 3 nitrogen and oxygen atoms in total. The molecule has 1 aromatic carbocycles. The fraction of sp³-hybridized carbons (Fsp3) is 0.429. The van der Waals surface area contributed by atoms with Gasteiger partial charge in [0.25, 0.3) is 0 Å². The van der Waals surface area contributed by atoms with E-state index >= 15 is 0 Å². The van der Waals surface area contributed by atoms with Crippen molar-refractivity contribution >= 4 is 39.4 Å². The number of Topliss-reactive ketones (excluding diaryl/α,β-unsaturated/α-hetero) is 1. The number of alkyl halides is 1. The van der Waals surface area contributed by atoms with Gasteiger partial charge >= 0.3 is 5.97 Å². The highest BCUT2D eigenvalue weighted by Crippen LogP contribution is 2.21. The van der Waals surface area contributed by atoms with Crippen molar-refractivity contribution < 1.29 is 14.7 Å². The van der Waals surface area contributed by atoms with Crippen LogP contribution in [-0.2, 0) is 4.79 Å². The summed E-state index contributed by atoms with van der Waals surface area (Å²) < 4.78 is 0. The minimum atomic E-state index is -0.942. The summed E-state index contributed by atoms with van der Waals surface area (Å²) in [5.41, 5.74) is 0.582. The van der Waals surface area contributed by atoms with Gasteiger partial charge in [0.2, 0.25) is 0 Å². The first-order valence-electron chi connectivity index (χ1n) is 6.09. The molecule has 0 aliphatic heterocycles. The summed E-state index contributed by atoms with van der Waals surface area (Å²) in [6.45, 7) is 1.65. The Hall–Kier alpha value is -0.810. The van der Waals surface area contributed by atoms with Crippen LogP contribution >= 0.6 is 27.7 Å². The molecule has 19 heavy (non-hydrogen) atoms. The third-order valence-electron chi connectivity index (χ3n) is 2.61. The number of carboxylic acids is 1. The maximum atomic E-state index is 12.0. The number of hydrogen-bond acceptors (Lipinski definition) is 3. The van der Waals surface area contributed by atoms with Crippen LogP contribution in [0.25, 0.3) is 0 Å². The lowest BCUT2D eigenvalue weighted by Gasteiger charge is -2.08. The highest BCUT2D eigenvalue weighted by molar-refractivity contribution is 9.09. The average molecular weight is 345 g/mol. The van der Waals surface area contributed by atoms with Crippen molar-refractivity contribution in [1.82, 2.24) is 0 Å². The molecular weight excluding hydrogens is 328 g/mol. The Morgan fingerprint density at radius 2 is 1.95 bits per heavy atom. The smallest absolute Gasteiger partial charge is 0.304 e. The summed E-state index contributed by atoms with van der Waals surface area (Å²) in [7, 11) is 0. The quantitative estimate of drug-likeness (QED) is 0.336. The lowest BCUT2D eigenvalue weighted by Crippen LogP contribution is -2.15. The monoisotopic (exact) mass is 344 g/mol. The molecule has 0 heterocycles. The number of hydrogen-bond donors (Lipinski definition) is 1. The molecule has 1 aromatic rings.